The van der Waals surface area contributed by atoms with Gasteiger partial charge in [-0.2, -0.15) is 0 Å². The molecule has 0 heterocycles. The molecule has 166 valence electrons. The number of nitrogens with zero attached hydrogens (tertiary/aromatic N) is 1. The Morgan fingerprint density at radius 3 is 1.11 bits per heavy atom. The molecule has 0 unspecified atom stereocenters. The standard InChI is InChI=1S/C23H52NSi.C2H6/c1-4-5-6-7-8-9-10-11-12-13-14-15-16-17-18-19-21-24(2,3)22-20-23-25;1-2/h4-23H2,1-3,25H3;1-2H3/q+1;. The minimum Gasteiger partial charge on any atom is -0.328 e. The van der Waals surface area contributed by atoms with E-state index >= 15 is 0 Å². The molecule has 0 bridgehead atoms. The summed E-state index contributed by atoms with van der Waals surface area (Å²) >= 11 is 0. The molecule has 0 atom stereocenters. The maximum Gasteiger partial charge on any atom is 0.0782 e. The first-order chi connectivity index (χ1) is 13.1. The fourth-order valence-electron chi connectivity index (χ4n) is 3.79. The first-order valence-electron chi connectivity index (χ1n) is 12.9. The highest BCUT2D eigenvalue weighted by atomic mass is 28.1. The Kier molecular flexibility index (Phi) is 26.3. The summed E-state index contributed by atoms with van der Waals surface area (Å²) in [6, 6.07) is 1.47. The second kappa shape index (κ2) is 24.2. The molecule has 0 radical (unpaired) electrons. The van der Waals surface area contributed by atoms with E-state index in [2.05, 4.69) is 21.0 Å². The lowest BCUT2D eigenvalue weighted by Gasteiger charge is -2.29. The Bertz CT molecular complexity index is 253. The van der Waals surface area contributed by atoms with Gasteiger partial charge in [-0.15, -0.1) is 0 Å². The minimum atomic E-state index is 1.25. The van der Waals surface area contributed by atoms with Crippen molar-refractivity contribution >= 4 is 10.2 Å². The van der Waals surface area contributed by atoms with Crippen molar-refractivity contribution in [3.8, 4) is 0 Å². The highest BCUT2D eigenvalue weighted by molar-refractivity contribution is 6.08. The Hall–Kier alpha value is 0.177. The van der Waals surface area contributed by atoms with Gasteiger partial charge in [-0.3, -0.25) is 0 Å². The predicted octanol–water partition coefficient (Wildman–Crippen LogP) is 7.52. The van der Waals surface area contributed by atoms with Crippen LogP contribution in [0, 0.1) is 0 Å². The molecule has 0 aliphatic rings. The van der Waals surface area contributed by atoms with E-state index in [9.17, 15) is 0 Å². The quantitative estimate of drug-likeness (QED) is 0.113. The highest BCUT2D eigenvalue weighted by Gasteiger charge is 2.12. The van der Waals surface area contributed by atoms with Crippen molar-refractivity contribution < 1.29 is 4.48 Å². The van der Waals surface area contributed by atoms with Crippen LogP contribution in [0.25, 0.3) is 0 Å². The monoisotopic (exact) mass is 400 g/mol. The van der Waals surface area contributed by atoms with Gasteiger partial charge < -0.3 is 4.48 Å². The number of hydrogen-bond acceptors (Lipinski definition) is 0. The van der Waals surface area contributed by atoms with Crippen molar-refractivity contribution in [3.05, 3.63) is 0 Å². The maximum atomic E-state index is 2.42. The average Bonchev–Trinajstić information content (AvgIpc) is 2.67. The fourth-order valence-corrected chi connectivity index (χ4v) is 4.10. The van der Waals surface area contributed by atoms with Gasteiger partial charge in [0.2, 0.25) is 0 Å². The molecule has 0 aromatic carbocycles. The van der Waals surface area contributed by atoms with Crippen LogP contribution in [-0.2, 0) is 0 Å². The van der Waals surface area contributed by atoms with Crippen LogP contribution in [0.5, 0.6) is 0 Å². The molecule has 0 fully saturated rings. The van der Waals surface area contributed by atoms with Crippen LogP contribution in [0.2, 0.25) is 6.04 Å². The lowest BCUT2D eigenvalue weighted by Crippen LogP contribution is -2.41. The van der Waals surface area contributed by atoms with E-state index in [1.54, 1.807) is 0 Å². The van der Waals surface area contributed by atoms with Gasteiger partial charge in [0.05, 0.1) is 27.2 Å². The first-order valence-corrected chi connectivity index (χ1v) is 14.4. The van der Waals surface area contributed by atoms with Crippen molar-refractivity contribution in [3.63, 3.8) is 0 Å². The number of hydrogen-bond donors (Lipinski definition) is 0. The van der Waals surface area contributed by atoms with E-state index < -0.39 is 0 Å². The fraction of sp³-hybridized carbons (Fsp3) is 1.00. The summed E-state index contributed by atoms with van der Waals surface area (Å²) in [4.78, 5) is 0. The molecule has 0 saturated carbocycles. The first kappa shape index (κ1) is 29.4. The third kappa shape index (κ3) is 26.2. The van der Waals surface area contributed by atoms with Gasteiger partial charge in [0.25, 0.3) is 0 Å². The van der Waals surface area contributed by atoms with Crippen LogP contribution < -0.4 is 0 Å². The van der Waals surface area contributed by atoms with E-state index in [0.717, 1.165) is 0 Å². The van der Waals surface area contributed by atoms with Crippen molar-refractivity contribution in [2.75, 3.05) is 27.2 Å². The minimum absolute atomic E-state index is 1.25. The molecule has 1 nitrogen and oxygen atoms in total. The Labute approximate surface area is 178 Å². The summed E-state index contributed by atoms with van der Waals surface area (Å²) in [6.07, 6.45) is 24.9. The SMILES string of the molecule is CC.CCCCCCCCCCCCCCCCCC[N+](C)(C)CCC[SiH3]. The van der Waals surface area contributed by atoms with Gasteiger partial charge in [-0.05, 0) is 19.3 Å². The second-order valence-electron chi connectivity index (χ2n) is 9.04. The lowest BCUT2D eigenvalue weighted by molar-refractivity contribution is -0.890. The van der Waals surface area contributed by atoms with Crippen LogP contribution in [-0.4, -0.2) is 41.9 Å². The summed E-state index contributed by atoms with van der Waals surface area (Å²) in [5, 5.41) is 0. The summed E-state index contributed by atoms with van der Waals surface area (Å²) < 4.78 is 1.25. The van der Waals surface area contributed by atoms with E-state index in [1.165, 1.54) is 143 Å². The predicted molar refractivity (Wildman–Crippen MR) is 132 cm³/mol. The zero-order valence-electron chi connectivity index (χ0n) is 20.6. The molecule has 0 aliphatic carbocycles. The van der Waals surface area contributed by atoms with Crippen molar-refractivity contribution in [1.82, 2.24) is 0 Å². The van der Waals surface area contributed by atoms with Crippen LogP contribution in [0.15, 0.2) is 0 Å². The molecule has 0 spiro atoms. The topological polar surface area (TPSA) is 0 Å². The maximum absolute atomic E-state index is 2.42. The molecule has 0 rings (SSSR count). The normalized spacial score (nSPS) is 11.4. The third-order valence-corrected chi connectivity index (χ3v) is 6.44. The van der Waals surface area contributed by atoms with Gasteiger partial charge in [0, 0.05) is 10.2 Å². The molecule has 27 heavy (non-hydrogen) atoms. The summed E-state index contributed by atoms with van der Waals surface area (Å²) in [5.41, 5.74) is 0. The van der Waals surface area contributed by atoms with E-state index in [0.29, 0.717) is 0 Å². The van der Waals surface area contributed by atoms with Crippen LogP contribution >= 0.6 is 0 Å². The number of unbranched alkanes of at least 4 members (excludes halogenated alkanes) is 15. The Morgan fingerprint density at radius 2 is 0.778 bits per heavy atom. The van der Waals surface area contributed by atoms with Crippen molar-refractivity contribution in [2.45, 2.75) is 136 Å². The molecule has 2 heteroatoms. The molecular formula is C25H58NSi+. The summed E-state index contributed by atoms with van der Waals surface area (Å²) in [7, 11) is 6.22. The van der Waals surface area contributed by atoms with E-state index in [1.807, 2.05) is 13.8 Å². The lowest BCUT2D eigenvalue weighted by atomic mass is 10.0. The third-order valence-electron chi connectivity index (χ3n) is 5.73. The van der Waals surface area contributed by atoms with Crippen LogP contribution in [0.3, 0.4) is 0 Å². The van der Waals surface area contributed by atoms with Gasteiger partial charge in [-0.25, -0.2) is 0 Å². The van der Waals surface area contributed by atoms with Gasteiger partial charge >= 0.3 is 0 Å². The molecule has 0 saturated heterocycles. The zero-order chi connectivity index (χ0) is 20.6. The van der Waals surface area contributed by atoms with E-state index in [4.69, 9.17) is 0 Å². The number of rotatable bonds is 20. The average molecular weight is 401 g/mol. The zero-order valence-corrected chi connectivity index (χ0v) is 22.6. The van der Waals surface area contributed by atoms with Crippen LogP contribution in [0.1, 0.15) is 130 Å². The summed E-state index contributed by atoms with van der Waals surface area (Å²) in [6.45, 7) is 9.08. The Morgan fingerprint density at radius 1 is 0.481 bits per heavy atom. The van der Waals surface area contributed by atoms with E-state index in [-0.39, 0.29) is 0 Å². The highest BCUT2D eigenvalue weighted by Crippen LogP contribution is 2.14. The van der Waals surface area contributed by atoms with Gasteiger partial charge in [-0.1, -0.05) is 117 Å². The van der Waals surface area contributed by atoms with Crippen molar-refractivity contribution in [2.24, 2.45) is 0 Å². The van der Waals surface area contributed by atoms with Gasteiger partial charge in [0.1, 0.15) is 0 Å². The van der Waals surface area contributed by atoms with Crippen LogP contribution in [0.4, 0.5) is 0 Å². The molecule has 0 N–H and O–H groups in total. The molecular weight excluding hydrogens is 342 g/mol. The molecule has 0 aromatic heterocycles. The summed E-state index contributed by atoms with van der Waals surface area (Å²) in [5.74, 6) is 0. The smallest absolute Gasteiger partial charge is 0.0782 e. The van der Waals surface area contributed by atoms with Crippen molar-refractivity contribution in [1.29, 1.82) is 0 Å². The number of quaternary nitrogens is 1. The largest absolute Gasteiger partial charge is 0.328 e. The molecule has 0 amide bonds. The molecule has 0 aromatic rings. The Balaban J connectivity index is 0. The molecule has 0 aliphatic heterocycles. The second-order valence-corrected chi connectivity index (χ2v) is 10.0. The van der Waals surface area contributed by atoms with Gasteiger partial charge in [0.15, 0.2) is 0 Å².